The molecule has 6 heteroatoms. The van der Waals surface area contributed by atoms with Crippen LogP contribution in [0.25, 0.3) is 0 Å². The Bertz CT molecular complexity index is 498. The van der Waals surface area contributed by atoms with Crippen molar-refractivity contribution in [2.45, 2.75) is 13.0 Å². The lowest BCUT2D eigenvalue weighted by atomic mass is 10.1. The second-order valence-corrected chi connectivity index (χ2v) is 4.64. The van der Waals surface area contributed by atoms with Gasteiger partial charge in [-0.2, -0.15) is 0 Å². The van der Waals surface area contributed by atoms with Gasteiger partial charge in [0.2, 0.25) is 5.91 Å². The molecular formula is C13H16FN3O2. The fourth-order valence-electron chi connectivity index (χ4n) is 2.23. The summed E-state index contributed by atoms with van der Waals surface area (Å²) >= 11 is 0. The molecule has 0 bridgehead atoms. The number of rotatable bonds is 2. The van der Waals surface area contributed by atoms with E-state index < -0.39 is 17.8 Å². The fraction of sp³-hybridized carbons (Fsp3) is 0.385. The summed E-state index contributed by atoms with van der Waals surface area (Å²) in [5.41, 5.74) is 6.19. The van der Waals surface area contributed by atoms with Gasteiger partial charge in [0.25, 0.3) is 5.91 Å². The van der Waals surface area contributed by atoms with E-state index in [0.29, 0.717) is 25.2 Å². The predicted molar refractivity (Wildman–Crippen MR) is 68.0 cm³/mol. The van der Waals surface area contributed by atoms with Crippen LogP contribution < -0.4 is 11.1 Å². The molecule has 0 saturated carbocycles. The fourth-order valence-corrected chi connectivity index (χ4v) is 2.23. The van der Waals surface area contributed by atoms with Crippen LogP contribution in [0.4, 0.5) is 4.39 Å². The van der Waals surface area contributed by atoms with Gasteiger partial charge in [0.1, 0.15) is 11.9 Å². The van der Waals surface area contributed by atoms with Gasteiger partial charge in [0, 0.05) is 25.2 Å². The summed E-state index contributed by atoms with van der Waals surface area (Å²) < 4.78 is 13.3. The van der Waals surface area contributed by atoms with E-state index in [2.05, 4.69) is 5.32 Å². The number of piperazine rings is 1. The highest BCUT2D eigenvalue weighted by Gasteiger charge is 2.31. The van der Waals surface area contributed by atoms with Crippen molar-refractivity contribution in [3.63, 3.8) is 0 Å². The van der Waals surface area contributed by atoms with Gasteiger partial charge in [0.05, 0.1) is 0 Å². The number of primary amides is 1. The molecule has 2 rings (SSSR count). The van der Waals surface area contributed by atoms with Crippen molar-refractivity contribution >= 4 is 11.8 Å². The molecule has 3 N–H and O–H groups in total. The number of aryl methyl sites for hydroxylation is 1. The van der Waals surface area contributed by atoms with Gasteiger partial charge in [-0.25, -0.2) is 4.39 Å². The van der Waals surface area contributed by atoms with Gasteiger partial charge >= 0.3 is 0 Å². The molecule has 1 unspecified atom stereocenters. The summed E-state index contributed by atoms with van der Waals surface area (Å²) in [6.45, 7) is 3.00. The quantitative estimate of drug-likeness (QED) is 0.792. The minimum atomic E-state index is -0.690. The van der Waals surface area contributed by atoms with E-state index in [1.165, 1.54) is 17.0 Å². The topological polar surface area (TPSA) is 75.4 Å². The van der Waals surface area contributed by atoms with Crippen LogP contribution in [0.15, 0.2) is 18.2 Å². The third-order valence-electron chi connectivity index (χ3n) is 3.12. The number of hydrogen-bond acceptors (Lipinski definition) is 3. The number of amides is 2. The van der Waals surface area contributed by atoms with Gasteiger partial charge in [-0.05, 0) is 30.7 Å². The lowest BCUT2D eigenvalue weighted by Gasteiger charge is -2.34. The Hall–Kier alpha value is -1.95. The number of nitrogens with two attached hydrogens (primary N) is 1. The van der Waals surface area contributed by atoms with E-state index in [9.17, 15) is 14.0 Å². The molecule has 1 aliphatic rings. The van der Waals surface area contributed by atoms with E-state index in [-0.39, 0.29) is 11.5 Å². The zero-order chi connectivity index (χ0) is 14.0. The van der Waals surface area contributed by atoms with Crippen molar-refractivity contribution in [1.82, 2.24) is 10.2 Å². The molecular weight excluding hydrogens is 249 g/mol. The van der Waals surface area contributed by atoms with Crippen molar-refractivity contribution in [2.24, 2.45) is 5.73 Å². The van der Waals surface area contributed by atoms with Crippen LogP contribution in [0.1, 0.15) is 15.9 Å². The first-order valence-electron chi connectivity index (χ1n) is 6.07. The third kappa shape index (κ3) is 2.90. The first-order chi connectivity index (χ1) is 8.99. The summed E-state index contributed by atoms with van der Waals surface area (Å²) in [4.78, 5) is 25.1. The van der Waals surface area contributed by atoms with Crippen LogP contribution >= 0.6 is 0 Å². The minimum absolute atomic E-state index is 0.241. The Kier molecular flexibility index (Phi) is 3.80. The molecule has 1 heterocycles. The highest BCUT2D eigenvalue weighted by molar-refractivity contribution is 5.97. The molecule has 1 aromatic carbocycles. The van der Waals surface area contributed by atoms with E-state index >= 15 is 0 Å². The molecule has 0 aliphatic carbocycles. The van der Waals surface area contributed by atoms with E-state index in [0.717, 1.165) is 0 Å². The van der Waals surface area contributed by atoms with Crippen LogP contribution in [0, 0.1) is 12.7 Å². The van der Waals surface area contributed by atoms with Crippen LogP contribution in [0.5, 0.6) is 0 Å². The van der Waals surface area contributed by atoms with Crippen LogP contribution in [0.2, 0.25) is 0 Å². The van der Waals surface area contributed by atoms with E-state index in [4.69, 9.17) is 5.73 Å². The number of carbonyl (C=O) groups is 2. The van der Waals surface area contributed by atoms with Gasteiger partial charge < -0.3 is 16.0 Å². The van der Waals surface area contributed by atoms with Crippen LogP contribution in [-0.2, 0) is 4.79 Å². The smallest absolute Gasteiger partial charge is 0.254 e. The Labute approximate surface area is 110 Å². The lowest BCUT2D eigenvalue weighted by Crippen LogP contribution is -2.58. The van der Waals surface area contributed by atoms with Gasteiger partial charge in [-0.15, -0.1) is 0 Å². The molecule has 1 saturated heterocycles. The maximum atomic E-state index is 13.3. The van der Waals surface area contributed by atoms with Crippen LogP contribution in [0.3, 0.4) is 0 Å². The first kappa shape index (κ1) is 13.5. The molecule has 1 fully saturated rings. The van der Waals surface area contributed by atoms with Gasteiger partial charge in [0.15, 0.2) is 0 Å². The molecule has 0 radical (unpaired) electrons. The number of nitrogens with one attached hydrogen (secondary N) is 1. The Morgan fingerprint density at radius 3 is 2.79 bits per heavy atom. The number of hydrogen-bond donors (Lipinski definition) is 2. The standard InChI is InChI=1S/C13H16FN3O2/c1-8-4-9(6-10(14)5-8)13(19)17-3-2-16-7-11(17)12(15)18/h4-6,11,16H,2-3,7H2,1H3,(H2,15,18). The summed E-state index contributed by atoms with van der Waals surface area (Å²) in [5.74, 6) is -1.39. The molecule has 2 amide bonds. The average molecular weight is 265 g/mol. The van der Waals surface area contributed by atoms with Gasteiger partial charge in [-0.1, -0.05) is 0 Å². The first-order valence-corrected chi connectivity index (χ1v) is 6.07. The maximum absolute atomic E-state index is 13.3. The number of carbonyl (C=O) groups excluding carboxylic acids is 2. The second-order valence-electron chi connectivity index (χ2n) is 4.64. The highest BCUT2D eigenvalue weighted by Crippen LogP contribution is 2.14. The summed E-state index contributed by atoms with van der Waals surface area (Å²) in [5, 5.41) is 3.01. The third-order valence-corrected chi connectivity index (χ3v) is 3.12. The predicted octanol–water partition coefficient (Wildman–Crippen LogP) is 0.0334. The second kappa shape index (κ2) is 5.36. The Morgan fingerprint density at radius 1 is 1.42 bits per heavy atom. The molecule has 5 nitrogen and oxygen atoms in total. The van der Waals surface area contributed by atoms with E-state index in [1.807, 2.05) is 0 Å². The molecule has 0 spiro atoms. The largest absolute Gasteiger partial charge is 0.368 e. The molecule has 102 valence electrons. The van der Waals surface area contributed by atoms with Gasteiger partial charge in [-0.3, -0.25) is 9.59 Å². The monoisotopic (exact) mass is 265 g/mol. The van der Waals surface area contributed by atoms with Crippen molar-refractivity contribution in [3.8, 4) is 0 Å². The molecule has 1 aliphatic heterocycles. The van der Waals surface area contributed by atoms with Crippen molar-refractivity contribution in [1.29, 1.82) is 0 Å². The maximum Gasteiger partial charge on any atom is 0.254 e. The minimum Gasteiger partial charge on any atom is -0.368 e. The highest BCUT2D eigenvalue weighted by atomic mass is 19.1. The number of benzene rings is 1. The summed E-state index contributed by atoms with van der Waals surface area (Å²) in [6, 6.07) is 3.44. The van der Waals surface area contributed by atoms with E-state index in [1.54, 1.807) is 13.0 Å². The Balaban J connectivity index is 2.28. The average Bonchev–Trinajstić information content (AvgIpc) is 2.36. The van der Waals surface area contributed by atoms with Crippen LogP contribution in [-0.4, -0.2) is 42.4 Å². The van der Waals surface area contributed by atoms with Crippen molar-refractivity contribution in [2.75, 3.05) is 19.6 Å². The van der Waals surface area contributed by atoms with Crippen molar-refractivity contribution < 1.29 is 14.0 Å². The number of halogens is 1. The molecule has 1 atom stereocenters. The SMILES string of the molecule is Cc1cc(F)cc(C(=O)N2CCNCC2C(N)=O)c1. The number of nitrogens with zero attached hydrogens (tertiary/aromatic N) is 1. The zero-order valence-corrected chi connectivity index (χ0v) is 10.6. The molecule has 19 heavy (non-hydrogen) atoms. The summed E-state index contributed by atoms with van der Waals surface area (Å²) in [7, 11) is 0. The summed E-state index contributed by atoms with van der Waals surface area (Å²) in [6.07, 6.45) is 0. The normalized spacial score (nSPS) is 19.3. The molecule has 1 aromatic rings. The Morgan fingerprint density at radius 2 is 2.16 bits per heavy atom. The van der Waals surface area contributed by atoms with Crippen molar-refractivity contribution in [3.05, 3.63) is 35.1 Å². The lowest BCUT2D eigenvalue weighted by molar-refractivity contribution is -0.122. The zero-order valence-electron chi connectivity index (χ0n) is 10.6. The molecule has 0 aromatic heterocycles.